The summed E-state index contributed by atoms with van der Waals surface area (Å²) in [6, 6.07) is 8.41. The Labute approximate surface area is 127 Å². The summed E-state index contributed by atoms with van der Waals surface area (Å²) in [6.45, 7) is 10.3. The highest BCUT2D eigenvalue weighted by Gasteiger charge is 2.15. The lowest BCUT2D eigenvalue weighted by molar-refractivity contribution is -0.122. The topological polar surface area (TPSA) is 41.6 Å². The van der Waals surface area contributed by atoms with Gasteiger partial charge in [0.05, 0.1) is 13.2 Å². The molecule has 1 heterocycles. The fourth-order valence-corrected chi connectivity index (χ4v) is 2.39. The van der Waals surface area contributed by atoms with E-state index in [4.69, 9.17) is 4.74 Å². The Kier molecular flexibility index (Phi) is 5.23. The molecule has 1 fully saturated rings. The summed E-state index contributed by atoms with van der Waals surface area (Å²) in [5.74, 6) is 0.111. The number of nitrogens with zero attached hydrogens (tertiary/aromatic N) is 1. The average Bonchev–Trinajstić information content (AvgIpc) is 2.45. The molecule has 1 aromatic rings. The first-order valence-corrected chi connectivity index (χ1v) is 7.62. The first-order valence-electron chi connectivity index (χ1n) is 7.62. The first kappa shape index (κ1) is 15.8. The summed E-state index contributed by atoms with van der Waals surface area (Å²) >= 11 is 0. The van der Waals surface area contributed by atoms with Crippen LogP contribution in [0.25, 0.3) is 0 Å². The number of amides is 1. The molecule has 4 nitrogen and oxygen atoms in total. The number of morpholine rings is 1. The maximum absolute atomic E-state index is 11.8. The van der Waals surface area contributed by atoms with E-state index in [1.165, 1.54) is 5.69 Å². The largest absolute Gasteiger partial charge is 0.378 e. The highest BCUT2D eigenvalue weighted by Crippen LogP contribution is 2.19. The van der Waals surface area contributed by atoms with Crippen molar-refractivity contribution in [1.29, 1.82) is 0 Å². The molecule has 1 aromatic carbocycles. The Morgan fingerprint density at radius 2 is 1.81 bits per heavy atom. The van der Waals surface area contributed by atoms with Crippen molar-refractivity contribution in [2.24, 2.45) is 5.41 Å². The predicted molar refractivity (Wildman–Crippen MR) is 85.4 cm³/mol. The molecule has 0 saturated carbocycles. The van der Waals surface area contributed by atoms with E-state index in [9.17, 15) is 4.79 Å². The maximum atomic E-state index is 11.8. The molecule has 0 unspecified atom stereocenters. The van der Waals surface area contributed by atoms with Crippen molar-refractivity contribution in [2.75, 3.05) is 31.2 Å². The van der Waals surface area contributed by atoms with Gasteiger partial charge in [0.25, 0.3) is 0 Å². The molecule has 4 heteroatoms. The van der Waals surface area contributed by atoms with Crippen LogP contribution in [0.2, 0.25) is 0 Å². The highest BCUT2D eigenvalue weighted by atomic mass is 16.5. The van der Waals surface area contributed by atoms with Crippen molar-refractivity contribution in [1.82, 2.24) is 5.32 Å². The molecular formula is C17H26N2O2. The van der Waals surface area contributed by atoms with Gasteiger partial charge >= 0.3 is 0 Å². The Hall–Kier alpha value is -1.55. The summed E-state index contributed by atoms with van der Waals surface area (Å²) in [4.78, 5) is 14.1. The fourth-order valence-electron chi connectivity index (χ4n) is 2.39. The van der Waals surface area contributed by atoms with Gasteiger partial charge in [0.15, 0.2) is 0 Å². The minimum atomic E-state index is 0.0320. The lowest BCUT2D eigenvalue weighted by Crippen LogP contribution is -2.36. The average molecular weight is 290 g/mol. The molecule has 0 spiro atoms. The third-order valence-corrected chi connectivity index (χ3v) is 3.49. The molecule has 1 saturated heterocycles. The van der Waals surface area contributed by atoms with Crippen molar-refractivity contribution in [2.45, 2.75) is 33.7 Å². The van der Waals surface area contributed by atoms with E-state index >= 15 is 0 Å². The van der Waals surface area contributed by atoms with Gasteiger partial charge in [0.1, 0.15) is 0 Å². The molecule has 0 aliphatic carbocycles. The van der Waals surface area contributed by atoms with Gasteiger partial charge < -0.3 is 15.0 Å². The normalized spacial score (nSPS) is 15.9. The Morgan fingerprint density at radius 1 is 1.19 bits per heavy atom. The van der Waals surface area contributed by atoms with Crippen molar-refractivity contribution in [3.63, 3.8) is 0 Å². The summed E-state index contributed by atoms with van der Waals surface area (Å²) in [7, 11) is 0. The van der Waals surface area contributed by atoms with Gasteiger partial charge in [0.2, 0.25) is 5.91 Å². The van der Waals surface area contributed by atoms with Gasteiger partial charge in [-0.1, -0.05) is 32.9 Å². The second-order valence-electron chi connectivity index (χ2n) is 6.78. The second kappa shape index (κ2) is 6.94. The number of hydrogen-bond acceptors (Lipinski definition) is 3. The quantitative estimate of drug-likeness (QED) is 0.926. The molecule has 1 N–H and O–H groups in total. The Morgan fingerprint density at radius 3 is 2.38 bits per heavy atom. The van der Waals surface area contributed by atoms with Crippen molar-refractivity contribution >= 4 is 11.6 Å². The predicted octanol–water partition coefficient (Wildman–Crippen LogP) is 2.58. The molecule has 0 atom stereocenters. The monoisotopic (exact) mass is 290 g/mol. The van der Waals surface area contributed by atoms with E-state index in [-0.39, 0.29) is 11.3 Å². The SMILES string of the molecule is CC(C)(C)CC(=O)NCc1ccc(N2CCOCC2)cc1. The summed E-state index contributed by atoms with van der Waals surface area (Å²) in [6.07, 6.45) is 0.554. The van der Waals surface area contributed by atoms with Gasteiger partial charge in [-0.3, -0.25) is 4.79 Å². The van der Waals surface area contributed by atoms with E-state index in [0.29, 0.717) is 13.0 Å². The molecule has 1 aliphatic heterocycles. The van der Waals surface area contributed by atoms with E-state index in [1.807, 2.05) is 0 Å². The smallest absolute Gasteiger partial charge is 0.220 e. The number of carbonyl (C=O) groups excluding carboxylic acids is 1. The highest BCUT2D eigenvalue weighted by molar-refractivity contribution is 5.76. The number of rotatable bonds is 4. The second-order valence-corrected chi connectivity index (χ2v) is 6.78. The van der Waals surface area contributed by atoms with Crippen molar-refractivity contribution < 1.29 is 9.53 Å². The fraction of sp³-hybridized carbons (Fsp3) is 0.588. The van der Waals surface area contributed by atoms with E-state index in [0.717, 1.165) is 31.9 Å². The van der Waals surface area contributed by atoms with Crippen LogP contribution in [-0.4, -0.2) is 32.2 Å². The molecule has 21 heavy (non-hydrogen) atoms. The molecule has 0 bridgehead atoms. The molecule has 1 amide bonds. The minimum absolute atomic E-state index is 0.0320. The third-order valence-electron chi connectivity index (χ3n) is 3.49. The van der Waals surface area contributed by atoms with Gasteiger partial charge in [0, 0.05) is 31.7 Å². The lowest BCUT2D eigenvalue weighted by atomic mass is 9.92. The number of nitrogens with one attached hydrogen (secondary N) is 1. The maximum Gasteiger partial charge on any atom is 0.220 e. The first-order chi connectivity index (χ1) is 9.94. The van der Waals surface area contributed by atoms with Crippen LogP contribution in [0.15, 0.2) is 24.3 Å². The summed E-state index contributed by atoms with van der Waals surface area (Å²) in [5, 5.41) is 2.98. The third kappa shape index (κ3) is 5.38. The van der Waals surface area contributed by atoms with Gasteiger partial charge in [-0.05, 0) is 23.1 Å². The zero-order valence-electron chi connectivity index (χ0n) is 13.3. The van der Waals surface area contributed by atoms with Crippen LogP contribution in [0.5, 0.6) is 0 Å². The van der Waals surface area contributed by atoms with Crippen LogP contribution in [0.1, 0.15) is 32.8 Å². The number of ether oxygens (including phenoxy) is 1. The van der Waals surface area contributed by atoms with Gasteiger partial charge in [-0.15, -0.1) is 0 Å². The van der Waals surface area contributed by atoms with Crippen LogP contribution in [0.3, 0.4) is 0 Å². The zero-order chi connectivity index (χ0) is 15.3. The Bertz CT molecular complexity index is 457. The zero-order valence-corrected chi connectivity index (χ0v) is 13.3. The summed E-state index contributed by atoms with van der Waals surface area (Å²) in [5.41, 5.74) is 2.39. The molecule has 0 aromatic heterocycles. The Balaban J connectivity index is 1.83. The number of hydrogen-bond donors (Lipinski definition) is 1. The van der Waals surface area contributed by atoms with Crippen LogP contribution < -0.4 is 10.2 Å². The summed E-state index contributed by atoms with van der Waals surface area (Å²) < 4.78 is 5.36. The molecule has 1 aliphatic rings. The standard InChI is InChI=1S/C17H26N2O2/c1-17(2,3)12-16(20)18-13-14-4-6-15(7-5-14)19-8-10-21-11-9-19/h4-7H,8-13H2,1-3H3,(H,18,20). The molecular weight excluding hydrogens is 264 g/mol. The van der Waals surface area contributed by atoms with Crippen LogP contribution in [0, 0.1) is 5.41 Å². The number of anilines is 1. The molecule has 0 radical (unpaired) electrons. The number of carbonyl (C=O) groups is 1. The van der Waals surface area contributed by atoms with Crippen molar-refractivity contribution in [3.05, 3.63) is 29.8 Å². The van der Waals surface area contributed by atoms with Crippen LogP contribution in [-0.2, 0) is 16.1 Å². The lowest BCUT2D eigenvalue weighted by Gasteiger charge is -2.28. The molecule has 116 valence electrons. The van der Waals surface area contributed by atoms with E-state index in [1.54, 1.807) is 0 Å². The van der Waals surface area contributed by atoms with E-state index in [2.05, 4.69) is 55.3 Å². The van der Waals surface area contributed by atoms with Crippen LogP contribution >= 0.6 is 0 Å². The van der Waals surface area contributed by atoms with Crippen LogP contribution in [0.4, 0.5) is 5.69 Å². The van der Waals surface area contributed by atoms with Crippen molar-refractivity contribution in [3.8, 4) is 0 Å². The minimum Gasteiger partial charge on any atom is -0.378 e. The van der Waals surface area contributed by atoms with E-state index < -0.39 is 0 Å². The number of benzene rings is 1. The van der Waals surface area contributed by atoms with Gasteiger partial charge in [-0.2, -0.15) is 0 Å². The molecule has 2 rings (SSSR count). The van der Waals surface area contributed by atoms with Gasteiger partial charge in [-0.25, -0.2) is 0 Å².